The maximum atomic E-state index is 10.2. The molecule has 1 aromatic rings. The Balaban J connectivity index is 2.64. The van der Waals surface area contributed by atoms with E-state index in [1.54, 1.807) is 37.7 Å². The zero-order valence-electron chi connectivity index (χ0n) is 7.23. The van der Waals surface area contributed by atoms with Crippen molar-refractivity contribution in [3.8, 4) is 0 Å². The lowest BCUT2D eigenvalue weighted by molar-refractivity contribution is -0.131. The highest BCUT2D eigenvalue weighted by atomic mass is 16.4. The second kappa shape index (κ2) is 4.30. The van der Waals surface area contributed by atoms with E-state index in [2.05, 4.69) is 0 Å². The van der Waals surface area contributed by atoms with Crippen LogP contribution in [-0.4, -0.2) is 11.1 Å². The van der Waals surface area contributed by atoms with Gasteiger partial charge >= 0.3 is 5.97 Å². The topological polar surface area (TPSA) is 50.4 Å². The second-order valence-corrected chi connectivity index (χ2v) is 2.62. The molecule has 0 aliphatic carbocycles. The summed E-state index contributed by atoms with van der Waals surface area (Å²) in [6.07, 6.45) is 7.81. The molecule has 0 radical (unpaired) electrons. The lowest BCUT2D eigenvalue weighted by Crippen LogP contribution is -1.87. The molecule has 3 heteroatoms. The quantitative estimate of drug-likeness (QED) is 0.570. The first-order chi connectivity index (χ1) is 6.18. The van der Waals surface area contributed by atoms with E-state index < -0.39 is 5.97 Å². The SMILES string of the molecule is CC(/C=C\c1ccoc1)=C/C(=O)O. The zero-order valence-corrected chi connectivity index (χ0v) is 7.23. The van der Waals surface area contributed by atoms with Gasteiger partial charge in [-0.2, -0.15) is 0 Å². The fraction of sp³-hybridized carbons (Fsp3) is 0.100. The van der Waals surface area contributed by atoms with Crippen LogP contribution in [0.25, 0.3) is 6.08 Å². The van der Waals surface area contributed by atoms with Gasteiger partial charge in [0.05, 0.1) is 12.5 Å². The van der Waals surface area contributed by atoms with Crippen molar-refractivity contribution in [1.82, 2.24) is 0 Å². The highest BCUT2D eigenvalue weighted by Crippen LogP contribution is 2.05. The van der Waals surface area contributed by atoms with Crippen LogP contribution in [0.2, 0.25) is 0 Å². The summed E-state index contributed by atoms with van der Waals surface area (Å²) in [5.74, 6) is -0.936. The van der Waals surface area contributed by atoms with Crippen LogP contribution in [0.5, 0.6) is 0 Å². The van der Waals surface area contributed by atoms with E-state index in [-0.39, 0.29) is 0 Å². The minimum atomic E-state index is -0.936. The first-order valence-electron chi connectivity index (χ1n) is 3.80. The van der Waals surface area contributed by atoms with Gasteiger partial charge in [-0.25, -0.2) is 4.79 Å². The summed E-state index contributed by atoms with van der Waals surface area (Å²) in [7, 11) is 0. The largest absolute Gasteiger partial charge is 0.478 e. The monoisotopic (exact) mass is 178 g/mol. The van der Waals surface area contributed by atoms with Gasteiger partial charge in [0.15, 0.2) is 0 Å². The number of hydrogen-bond donors (Lipinski definition) is 1. The molecule has 1 rings (SSSR count). The smallest absolute Gasteiger partial charge is 0.328 e. The van der Waals surface area contributed by atoms with E-state index in [4.69, 9.17) is 9.52 Å². The molecule has 0 saturated heterocycles. The molecular formula is C10H10O3. The van der Waals surface area contributed by atoms with Crippen molar-refractivity contribution in [3.63, 3.8) is 0 Å². The zero-order chi connectivity index (χ0) is 9.68. The average molecular weight is 178 g/mol. The van der Waals surface area contributed by atoms with Crippen molar-refractivity contribution in [1.29, 1.82) is 0 Å². The van der Waals surface area contributed by atoms with E-state index in [0.29, 0.717) is 5.57 Å². The number of allylic oxidation sites excluding steroid dienone is 2. The highest BCUT2D eigenvalue weighted by Gasteiger charge is 1.90. The number of furan rings is 1. The van der Waals surface area contributed by atoms with Gasteiger partial charge in [-0.05, 0) is 18.6 Å². The van der Waals surface area contributed by atoms with E-state index in [1.165, 1.54) is 0 Å². The lowest BCUT2D eigenvalue weighted by atomic mass is 10.2. The van der Waals surface area contributed by atoms with Gasteiger partial charge in [-0.15, -0.1) is 0 Å². The number of carboxylic acids is 1. The number of carboxylic acid groups (broad SMARTS) is 1. The Labute approximate surface area is 76.0 Å². The molecule has 0 aliphatic rings. The molecule has 68 valence electrons. The van der Waals surface area contributed by atoms with Gasteiger partial charge in [-0.3, -0.25) is 0 Å². The van der Waals surface area contributed by atoms with Crippen LogP contribution in [0, 0.1) is 0 Å². The van der Waals surface area contributed by atoms with Crippen LogP contribution in [0.3, 0.4) is 0 Å². The molecule has 0 bridgehead atoms. The molecule has 13 heavy (non-hydrogen) atoms. The van der Waals surface area contributed by atoms with Gasteiger partial charge in [0.2, 0.25) is 0 Å². The molecule has 0 spiro atoms. The van der Waals surface area contributed by atoms with Crippen molar-refractivity contribution in [2.75, 3.05) is 0 Å². The molecule has 0 unspecified atom stereocenters. The molecule has 1 heterocycles. The fourth-order valence-corrected chi connectivity index (χ4v) is 0.840. The summed E-state index contributed by atoms with van der Waals surface area (Å²) >= 11 is 0. The van der Waals surface area contributed by atoms with Crippen LogP contribution >= 0.6 is 0 Å². The minimum absolute atomic E-state index is 0.689. The molecule has 1 aromatic heterocycles. The van der Waals surface area contributed by atoms with Crippen molar-refractivity contribution in [2.24, 2.45) is 0 Å². The van der Waals surface area contributed by atoms with Gasteiger partial charge in [0.25, 0.3) is 0 Å². The van der Waals surface area contributed by atoms with Crippen LogP contribution in [0.1, 0.15) is 12.5 Å². The summed E-state index contributed by atoms with van der Waals surface area (Å²) in [5.41, 5.74) is 1.60. The van der Waals surface area contributed by atoms with E-state index >= 15 is 0 Å². The van der Waals surface area contributed by atoms with Gasteiger partial charge in [0.1, 0.15) is 0 Å². The first-order valence-corrected chi connectivity index (χ1v) is 3.80. The Hall–Kier alpha value is -1.77. The van der Waals surface area contributed by atoms with E-state index in [0.717, 1.165) is 11.6 Å². The van der Waals surface area contributed by atoms with Crippen LogP contribution in [0.15, 0.2) is 40.7 Å². The third-order valence-electron chi connectivity index (χ3n) is 1.43. The Morgan fingerprint density at radius 2 is 2.38 bits per heavy atom. The van der Waals surface area contributed by atoms with Gasteiger partial charge in [-0.1, -0.05) is 12.2 Å². The van der Waals surface area contributed by atoms with Crippen LogP contribution in [0.4, 0.5) is 0 Å². The minimum Gasteiger partial charge on any atom is -0.478 e. The summed E-state index contributed by atoms with van der Waals surface area (Å²) in [4.78, 5) is 10.2. The third kappa shape index (κ3) is 3.42. The predicted molar refractivity (Wildman–Crippen MR) is 49.1 cm³/mol. The number of hydrogen-bond acceptors (Lipinski definition) is 2. The van der Waals surface area contributed by atoms with Gasteiger partial charge in [0, 0.05) is 11.6 Å². The van der Waals surface area contributed by atoms with Crippen molar-refractivity contribution >= 4 is 12.0 Å². The van der Waals surface area contributed by atoms with Crippen LogP contribution < -0.4 is 0 Å². The van der Waals surface area contributed by atoms with Crippen molar-refractivity contribution in [2.45, 2.75) is 6.92 Å². The molecule has 1 N–H and O–H groups in total. The maximum absolute atomic E-state index is 10.2. The van der Waals surface area contributed by atoms with Crippen LogP contribution in [-0.2, 0) is 4.79 Å². The fourth-order valence-electron chi connectivity index (χ4n) is 0.840. The molecule has 0 saturated carbocycles. The molecule has 0 fully saturated rings. The molecular weight excluding hydrogens is 168 g/mol. The summed E-state index contributed by atoms with van der Waals surface area (Å²) in [6.45, 7) is 1.73. The summed E-state index contributed by atoms with van der Waals surface area (Å²) in [6, 6.07) is 1.80. The molecule has 0 atom stereocenters. The Bertz CT molecular complexity index is 331. The first kappa shape index (κ1) is 9.32. The Morgan fingerprint density at radius 1 is 1.62 bits per heavy atom. The Morgan fingerprint density at radius 3 is 2.92 bits per heavy atom. The van der Waals surface area contributed by atoms with Crippen molar-refractivity contribution in [3.05, 3.63) is 41.9 Å². The summed E-state index contributed by atoms with van der Waals surface area (Å²) < 4.78 is 4.84. The van der Waals surface area contributed by atoms with E-state index in [1.807, 2.05) is 0 Å². The predicted octanol–water partition coefficient (Wildman–Crippen LogP) is 2.32. The van der Waals surface area contributed by atoms with Crippen molar-refractivity contribution < 1.29 is 14.3 Å². The number of rotatable bonds is 3. The normalized spacial score (nSPS) is 12.2. The third-order valence-corrected chi connectivity index (χ3v) is 1.43. The second-order valence-electron chi connectivity index (χ2n) is 2.62. The highest BCUT2D eigenvalue weighted by molar-refractivity contribution is 5.81. The summed E-state index contributed by atoms with van der Waals surface area (Å²) in [5, 5.41) is 8.41. The maximum Gasteiger partial charge on any atom is 0.328 e. The number of carbonyl (C=O) groups is 1. The van der Waals surface area contributed by atoms with Gasteiger partial charge < -0.3 is 9.52 Å². The molecule has 0 amide bonds. The average Bonchev–Trinajstić information content (AvgIpc) is 2.51. The lowest BCUT2D eigenvalue weighted by Gasteiger charge is -1.87. The number of aliphatic carboxylic acids is 1. The Kier molecular flexibility index (Phi) is 3.09. The molecule has 3 nitrogen and oxygen atoms in total. The standard InChI is InChI=1S/C10H10O3/c1-8(6-10(11)12)2-3-9-4-5-13-7-9/h2-7H,1H3,(H,11,12)/b3-2-,8-6-. The molecule has 0 aliphatic heterocycles. The molecule has 0 aromatic carbocycles. The van der Waals surface area contributed by atoms with E-state index in [9.17, 15) is 4.79 Å².